The van der Waals surface area contributed by atoms with Gasteiger partial charge in [0.1, 0.15) is 0 Å². The number of benzene rings is 1. The molecule has 1 rings (SSSR count). The fourth-order valence-corrected chi connectivity index (χ4v) is 2.48. The predicted molar refractivity (Wildman–Crippen MR) is 72.4 cm³/mol. The Bertz CT molecular complexity index is 418. The van der Waals surface area contributed by atoms with Gasteiger partial charge in [-0.1, -0.05) is 36.0 Å². The third-order valence-electron chi connectivity index (χ3n) is 2.54. The Hall–Kier alpha value is -0.800. The van der Waals surface area contributed by atoms with E-state index in [9.17, 15) is 9.59 Å². The second-order valence-corrected chi connectivity index (χ2v) is 5.50. The van der Waals surface area contributed by atoms with E-state index in [0.717, 1.165) is 22.9 Å². The zero-order valence-electron chi connectivity index (χ0n) is 9.90. The molecular formula is C13H15ClO2S. The summed E-state index contributed by atoms with van der Waals surface area (Å²) >= 11 is 6.71. The van der Waals surface area contributed by atoms with Gasteiger partial charge in [-0.3, -0.25) is 9.59 Å². The molecule has 0 aliphatic rings. The molecule has 0 amide bonds. The average molecular weight is 271 g/mol. The monoisotopic (exact) mass is 270 g/mol. The molecule has 2 nitrogen and oxygen atoms in total. The van der Waals surface area contributed by atoms with Gasteiger partial charge in [0, 0.05) is 18.6 Å². The van der Waals surface area contributed by atoms with Gasteiger partial charge in [-0.15, -0.1) is 0 Å². The van der Waals surface area contributed by atoms with Crippen molar-refractivity contribution in [2.45, 2.75) is 20.3 Å². The van der Waals surface area contributed by atoms with Crippen LogP contribution in [0.1, 0.15) is 18.1 Å². The third-order valence-corrected chi connectivity index (χ3v) is 3.82. The number of carbonyl (C=O) groups excluding carboxylic acids is 2. The van der Waals surface area contributed by atoms with Gasteiger partial charge in [-0.25, -0.2) is 0 Å². The third kappa shape index (κ3) is 4.92. The van der Waals surface area contributed by atoms with Crippen molar-refractivity contribution in [3.63, 3.8) is 0 Å². The fourth-order valence-electron chi connectivity index (χ4n) is 1.53. The largest absolute Gasteiger partial charge is 0.288 e. The molecule has 0 N–H and O–H groups in total. The number of aryl methyl sites for hydroxylation is 1. The molecule has 92 valence electrons. The molecule has 1 atom stereocenters. The van der Waals surface area contributed by atoms with Gasteiger partial charge in [0.25, 0.3) is 0 Å². The number of rotatable bonds is 5. The molecule has 1 aromatic carbocycles. The lowest BCUT2D eigenvalue weighted by Crippen LogP contribution is -2.16. The van der Waals surface area contributed by atoms with E-state index in [2.05, 4.69) is 0 Å². The molecule has 0 aliphatic heterocycles. The molecule has 17 heavy (non-hydrogen) atoms. The van der Waals surface area contributed by atoms with Gasteiger partial charge in [0.15, 0.2) is 5.12 Å². The highest BCUT2D eigenvalue weighted by atomic mass is 35.5. The molecule has 4 heteroatoms. The Balaban J connectivity index is 2.70. The minimum absolute atomic E-state index is 0.0118. The van der Waals surface area contributed by atoms with E-state index in [1.807, 2.05) is 31.2 Å². The van der Waals surface area contributed by atoms with E-state index in [4.69, 9.17) is 11.6 Å². The lowest BCUT2D eigenvalue weighted by molar-refractivity contribution is -0.114. The zero-order chi connectivity index (χ0) is 12.8. The van der Waals surface area contributed by atoms with Gasteiger partial charge in [0.05, 0.1) is 0 Å². The molecule has 0 spiro atoms. The van der Waals surface area contributed by atoms with Crippen LogP contribution < -0.4 is 0 Å². The molecule has 0 heterocycles. The van der Waals surface area contributed by atoms with E-state index in [-0.39, 0.29) is 16.3 Å². The standard InChI is InChI=1S/C13H15ClO2S/c1-9-5-3-4-6-11(9)7-12(13(14)16)8-17-10(2)15/h3-6,12H,7-8H2,1-2H3. The minimum atomic E-state index is -0.373. The smallest absolute Gasteiger partial charge is 0.225 e. The molecular weight excluding hydrogens is 256 g/mol. The van der Waals surface area contributed by atoms with Crippen molar-refractivity contribution in [3.8, 4) is 0 Å². The van der Waals surface area contributed by atoms with Gasteiger partial charge < -0.3 is 0 Å². The van der Waals surface area contributed by atoms with E-state index in [0.29, 0.717) is 12.2 Å². The van der Waals surface area contributed by atoms with Crippen LogP contribution in [0.25, 0.3) is 0 Å². The Kier molecular flexibility index (Phi) is 5.72. The van der Waals surface area contributed by atoms with E-state index < -0.39 is 0 Å². The van der Waals surface area contributed by atoms with Crippen molar-refractivity contribution in [3.05, 3.63) is 35.4 Å². The Morgan fingerprint density at radius 3 is 2.53 bits per heavy atom. The lowest BCUT2D eigenvalue weighted by Gasteiger charge is -2.12. The molecule has 0 saturated carbocycles. The second-order valence-electron chi connectivity index (χ2n) is 3.93. The van der Waals surface area contributed by atoms with Crippen molar-refractivity contribution in [1.29, 1.82) is 0 Å². The van der Waals surface area contributed by atoms with E-state index >= 15 is 0 Å². The molecule has 0 aliphatic carbocycles. The van der Waals surface area contributed by atoms with E-state index in [1.54, 1.807) is 0 Å². The van der Waals surface area contributed by atoms with Crippen LogP contribution in [0.4, 0.5) is 0 Å². The van der Waals surface area contributed by atoms with E-state index in [1.165, 1.54) is 6.92 Å². The quantitative estimate of drug-likeness (QED) is 0.771. The zero-order valence-corrected chi connectivity index (χ0v) is 11.5. The molecule has 0 radical (unpaired) electrons. The molecule has 0 saturated heterocycles. The van der Waals surface area contributed by atoms with Crippen molar-refractivity contribution >= 4 is 33.7 Å². The average Bonchev–Trinajstić information content (AvgIpc) is 2.25. The summed E-state index contributed by atoms with van der Waals surface area (Å²) in [4.78, 5) is 22.2. The molecule has 0 aromatic heterocycles. The molecule has 1 unspecified atom stereocenters. The number of thioether (sulfide) groups is 1. The maximum absolute atomic E-state index is 11.3. The summed E-state index contributed by atoms with van der Waals surface area (Å²) in [6, 6.07) is 7.89. The summed E-state index contributed by atoms with van der Waals surface area (Å²) in [5.74, 6) is 0.151. The first kappa shape index (κ1) is 14.3. The first-order valence-electron chi connectivity index (χ1n) is 5.38. The van der Waals surface area contributed by atoms with Crippen LogP contribution in [0.5, 0.6) is 0 Å². The highest BCUT2D eigenvalue weighted by Crippen LogP contribution is 2.19. The molecule has 1 aromatic rings. The first-order valence-corrected chi connectivity index (χ1v) is 6.74. The van der Waals surface area contributed by atoms with Crippen molar-refractivity contribution in [1.82, 2.24) is 0 Å². The van der Waals surface area contributed by atoms with Crippen molar-refractivity contribution in [2.75, 3.05) is 5.75 Å². The van der Waals surface area contributed by atoms with Crippen LogP contribution in [0.15, 0.2) is 24.3 Å². The van der Waals surface area contributed by atoms with Gasteiger partial charge in [0.2, 0.25) is 5.24 Å². The maximum Gasteiger partial charge on any atom is 0.225 e. The van der Waals surface area contributed by atoms with Crippen LogP contribution in [-0.4, -0.2) is 16.1 Å². The highest BCUT2D eigenvalue weighted by molar-refractivity contribution is 8.13. The SMILES string of the molecule is CC(=O)SCC(Cc1ccccc1C)C(=O)Cl. The van der Waals surface area contributed by atoms with Crippen LogP contribution in [0.3, 0.4) is 0 Å². The highest BCUT2D eigenvalue weighted by Gasteiger charge is 2.18. The Morgan fingerprint density at radius 2 is 2.00 bits per heavy atom. The number of carbonyl (C=O) groups is 2. The summed E-state index contributed by atoms with van der Waals surface area (Å²) < 4.78 is 0. The second kappa shape index (κ2) is 6.82. The summed E-state index contributed by atoms with van der Waals surface area (Å²) in [7, 11) is 0. The van der Waals surface area contributed by atoms with Gasteiger partial charge in [-0.2, -0.15) is 0 Å². The summed E-state index contributed by atoms with van der Waals surface area (Å²) in [5, 5.41) is -0.361. The first-order chi connectivity index (χ1) is 8.00. The molecule has 0 fully saturated rings. The normalized spacial score (nSPS) is 12.2. The number of hydrogen-bond acceptors (Lipinski definition) is 3. The Labute approximate surface area is 111 Å². The summed E-state index contributed by atoms with van der Waals surface area (Å²) in [5.41, 5.74) is 2.25. The maximum atomic E-state index is 11.3. The number of halogens is 1. The van der Waals surface area contributed by atoms with Crippen LogP contribution in [0, 0.1) is 12.8 Å². The van der Waals surface area contributed by atoms with Crippen LogP contribution >= 0.6 is 23.4 Å². The Morgan fingerprint density at radius 1 is 1.35 bits per heavy atom. The molecule has 0 bridgehead atoms. The summed E-state index contributed by atoms with van der Waals surface area (Å²) in [6.45, 7) is 3.50. The van der Waals surface area contributed by atoms with Crippen molar-refractivity contribution in [2.24, 2.45) is 5.92 Å². The lowest BCUT2D eigenvalue weighted by atomic mass is 9.98. The predicted octanol–water partition coefficient (Wildman–Crippen LogP) is 3.20. The summed E-state index contributed by atoms with van der Waals surface area (Å²) in [6.07, 6.45) is 0.593. The fraction of sp³-hybridized carbons (Fsp3) is 0.385. The topological polar surface area (TPSA) is 34.1 Å². The van der Waals surface area contributed by atoms with Gasteiger partial charge in [-0.05, 0) is 36.1 Å². The minimum Gasteiger partial charge on any atom is -0.288 e. The van der Waals surface area contributed by atoms with Crippen LogP contribution in [0.2, 0.25) is 0 Å². The number of hydrogen-bond donors (Lipinski definition) is 0. The van der Waals surface area contributed by atoms with Crippen LogP contribution in [-0.2, 0) is 16.0 Å². The van der Waals surface area contributed by atoms with Gasteiger partial charge >= 0.3 is 0 Å². The van der Waals surface area contributed by atoms with Crippen molar-refractivity contribution < 1.29 is 9.59 Å².